The van der Waals surface area contributed by atoms with Gasteiger partial charge in [-0.05, 0) is 51.6 Å². The Bertz CT molecular complexity index is 1420. The first kappa shape index (κ1) is 25.0. The number of carbonyl (C=O) groups is 2. The third kappa shape index (κ3) is 5.52. The van der Waals surface area contributed by atoms with Crippen LogP contribution in [0.15, 0.2) is 97.1 Å². The average molecular weight is 512 g/mol. The summed E-state index contributed by atoms with van der Waals surface area (Å²) in [5.74, 6) is -1.23. The molecule has 1 amide bonds. The number of carbonyl (C=O) groups excluding carboxylic acids is 1. The minimum Gasteiger partial charge on any atom is -0.489 e. The fourth-order valence-corrected chi connectivity index (χ4v) is 4.80. The molecule has 0 radical (unpaired) electrons. The first-order valence-electron chi connectivity index (χ1n) is 12.3. The minimum absolute atomic E-state index is 0.0150. The van der Waals surface area contributed by atoms with E-state index < -0.39 is 18.1 Å². The molecule has 1 unspecified atom stereocenters. The van der Waals surface area contributed by atoms with Gasteiger partial charge in [0.25, 0.3) is 0 Å². The van der Waals surface area contributed by atoms with Crippen LogP contribution in [-0.4, -0.2) is 29.8 Å². The van der Waals surface area contributed by atoms with Crippen molar-refractivity contribution in [2.75, 3.05) is 6.61 Å². The van der Waals surface area contributed by atoms with Gasteiger partial charge in [0.15, 0.2) is 0 Å². The van der Waals surface area contributed by atoms with Crippen molar-refractivity contribution in [3.8, 4) is 16.9 Å². The van der Waals surface area contributed by atoms with Crippen LogP contribution >= 0.6 is 0 Å². The molecule has 0 saturated carbocycles. The van der Waals surface area contributed by atoms with Gasteiger partial charge < -0.3 is 19.9 Å². The van der Waals surface area contributed by atoms with Crippen molar-refractivity contribution in [3.63, 3.8) is 0 Å². The third-order valence-corrected chi connectivity index (χ3v) is 6.61. The summed E-state index contributed by atoms with van der Waals surface area (Å²) in [7, 11) is 0. The van der Waals surface area contributed by atoms with E-state index in [1.807, 2.05) is 48.5 Å². The van der Waals surface area contributed by atoms with E-state index in [0.717, 1.165) is 22.3 Å². The molecule has 4 aromatic carbocycles. The van der Waals surface area contributed by atoms with Crippen LogP contribution in [-0.2, 0) is 22.6 Å². The highest BCUT2D eigenvalue weighted by Gasteiger charge is 2.30. The Hall–Kier alpha value is -4.65. The van der Waals surface area contributed by atoms with Gasteiger partial charge in [0, 0.05) is 12.3 Å². The molecule has 2 N–H and O–H groups in total. The second-order valence-electron chi connectivity index (χ2n) is 9.09. The van der Waals surface area contributed by atoms with Crippen LogP contribution in [0.2, 0.25) is 0 Å². The summed E-state index contributed by atoms with van der Waals surface area (Å²) < 4.78 is 24.9. The maximum atomic E-state index is 13.5. The standard InChI is InChI=1S/C31H26FNO5/c32-22-10-7-8-20(16-22)18-37-29-15-6-1-9-21(29)17-28(30(34)35)33-31(36)38-19-27-25-13-4-2-11-23(25)24-12-3-5-14-26(24)27/h1-16,27-28H,17-19H2,(H,33,36)(H,34,35). The summed E-state index contributed by atoms with van der Waals surface area (Å²) in [6, 6.07) is 27.8. The maximum absolute atomic E-state index is 13.5. The number of carboxylic acid groups (broad SMARTS) is 1. The molecule has 0 aromatic heterocycles. The minimum atomic E-state index is -1.23. The number of alkyl carbamates (subject to hydrolysis) is 1. The van der Waals surface area contributed by atoms with Crippen molar-refractivity contribution in [1.82, 2.24) is 5.32 Å². The quantitative estimate of drug-likeness (QED) is 0.291. The van der Waals surface area contributed by atoms with E-state index in [1.54, 1.807) is 36.4 Å². The zero-order chi connectivity index (χ0) is 26.5. The Morgan fingerprint density at radius 3 is 2.21 bits per heavy atom. The van der Waals surface area contributed by atoms with Gasteiger partial charge in [0.1, 0.15) is 30.8 Å². The van der Waals surface area contributed by atoms with Crippen LogP contribution in [0.25, 0.3) is 11.1 Å². The number of hydrogen-bond acceptors (Lipinski definition) is 4. The molecule has 0 fully saturated rings. The summed E-state index contributed by atoms with van der Waals surface area (Å²) in [4.78, 5) is 24.7. The van der Waals surface area contributed by atoms with Gasteiger partial charge in [0.2, 0.25) is 0 Å². The molecule has 0 spiro atoms. The Labute approximate surface area is 219 Å². The van der Waals surface area contributed by atoms with E-state index in [1.165, 1.54) is 12.1 Å². The molecule has 1 aliphatic rings. The van der Waals surface area contributed by atoms with E-state index >= 15 is 0 Å². The largest absolute Gasteiger partial charge is 0.489 e. The molecule has 0 bridgehead atoms. The number of benzene rings is 4. The third-order valence-electron chi connectivity index (χ3n) is 6.61. The van der Waals surface area contributed by atoms with E-state index in [9.17, 15) is 19.1 Å². The number of para-hydroxylation sites is 1. The zero-order valence-corrected chi connectivity index (χ0v) is 20.5. The topological polar surface area (TPSA) is 84.9 Å². The highest BCUT2D eigenvalue weighted by molar-refractivity contribution is 5.81. The summed E-state index contributed by atoms with van der Waals surface area (Å²) in [5, 5.41) is 12.3. The van der Waals surface area contributed by atoms with Gasteiger partial charge in [-0.2, -0.15) is 0 Å². The molecule has 1 aliphatic carbocycles. The number of halogens is 1. The first-order chi connectivity index (χ1) is 18.5. The SMILES string of the molecule is O=C(NC(Cc1ccccc1OCc1cccc(F)c1)C(=O)O)OCC1c2ccccc2-c2ccccc21. The highest BCUT2D eigenvalue weighted by atomic mass is 19.1. The Morgan fingerprint density at radius 1 is 0.868 bits per heavy atom. The summed E-state index contributed by atoms with van der Waals surface area (Å²) >= 11 is 0. The molecule has 38 heavy (non-hydrogen) atoms. The molecule has 192 valence electrons. The summed E-state index contributed by atoms with van der Waals surface area (Å²) in [5.41, 5.74) is 5.59. The fraction of sp³-hybridized carbons (Fsp3) is 0.161. The normalized spacial score (nSPS) is 12.8. The van der Waals surface area contributed by atoms with Gasteiger partial charge in [-0.25, -0.2) is 14.0 Å². The van der Waals surface area contributed by atoms with Gasteiger partial charge in [-0.15, -0.1) is 0 Å². The Morgan fingerprint density at radius 2 is 1.53 bits per heavy atom. The van der Waals surface area contributed by atoms with Crippen molar-refractivity contribution < 1.29 is 28.6 Å². The number of amides is 1. The number of fused-ring (bicyclic) bond motifs is 3. The monoisotopic (exact) mass is 511 g/mol. The van der Waals surface area contributed by atoms with Crippen LogP contribution in [0.3, 0.4) is 0 Å². The van der Waals surface area contributed by atoms with Gasteiger partial charge >= 0.3 is 12.1 Å². The van der Waals surface area contributed by atoms with E-state index in [2.05, 4.69) is 5.32 Å². The lowest BCUT2D eigenvalue weighted by atomic mass is 9.98. The molecule has 6 nitrogen and oxygen atoms in total. The Kier molecular flexibility index (Phi) is 7.35. The molecular weight excluding hydrogens is 485 g/mol. The van der Waals surface area contributed by atoms with Gasteiger partial charge in [0.05, 0.1) is 0 Å². The predicted molar refractivity (Wildman–Crippen MR) is 141 cm³/mol. The van der Waals surface area contributed by atoms with Crippen molar-refractivity contribution >= 4 is 12.1 Å². The van der Waals surface area contributed by atoms with Crippen LogP contribution in [0.4, 0.5) is 9.18 Å². The van der Waals surface area contributed by atoms with E-state index in [4.69, 9.17) is 9.47 Å². The average Bonchev–Trinajstić information content (AvgIpc) is 3.24. The van der Waals surface area contributed by atoms with Crippen LogP contribution < -0.4 is 10.1 Å². The van der Waals surface area contributed by atoms with E-state index in [-0.39, 0.29) is 31.4 Å². The summed E-state index contributed by atoms with van der Waals surface area (Å²) in [6.45, 7) is 0.200. The fourth-order valence-electron chi connectivity index (χ4n) is 4.80. The van der Waals surface area contributed by atoms with Gasteiger partial charge in [-0.3, -0.25) is 0 Å². The van der Waals surface area contributed by atoms with Gasteiger partial charge in [-0.1, -0.05) is 78.9 Å². The first-order valence-corrected chi connectivity index (χ1v) is 12.3. The van der Waals surface area contributed by atoms with Crippen molar-refractivity contribution in [2.45, 2.75) is 25.0 Å². The molecule has 0 heterocycles. The lowest BCUT2D eigenvalue weighted by molar-refractivity contribution is -0.139. The number of rotatable bonds is 9. The predicted octanol–water partition coefficient (Wildman–Crippen LogP) is 5.94. The molecule has 1 atom stereocenters. The number of hydrogen-bond donors (Lipinski definition) is 2. The Balaban J connectivity index is 1.23. The van der Waals surface area contributed by atoms with Crippen molar-refractivity contribution in [1.29, 1.82) is 0 Å². The van der Waals surface area contributed by atoms with Crippen LogP contribution in [0.1, 0.15) is 28.2 Å². The zero-order valence-electron chi connectivity index (χ0n) is 20.5. The highest BCUT2D eigenvalue weighted by Crippen LogP contribution is 2.44. The molecule has 4 aromatic rings. The second-order valence-corrected chi connectivity index (χ2v) is 9.09. The second kappa shape index (κ2) is 11.2. The van der Waals surface area contributed by atoms with Crippen molar-refractivity contribution in [2.24, 2.45) is 0 Å². The van der Waals surface area contributed by atoms with Crippen LogP contribution in [0, 0.1) is 5.82 Å². The van der Waals surface area contributed by atoms with Crippen LogP contribution in [0.5, 0.6) is 5.75 Å². The molecule has 7 heteroatoms. The van der Waals surface area contributed by atoms with Crippen molar-refractivity contribution in [3.05, 3.63) is 125 Å². The molecule has 0 saturated heterocycles. The lowest BCUT2D eigenvalue weighted by Gasteiger charge is -2.19. The lowest BCUT2D eigenvalue weighted by Crippen LogP contribution is -2.43. The molecule has 0 aliphatic heterocycles. The molecule has 5 rings (SSSR count). The number of carboxylic acids is 1. The van der Waals surface area contributed by atoms with E-state index in [0.29, 0.717) is 16.9 Å². The molecular formula is C31H26FNO5. The number of aliphatic carboxylic acids is 1. The number of nitrogens with one attached hydrogen (secondary N) is 1. The maximum Gasteiger partial charge on any atom is 0.407 e. The summed E-state index contributed by atoms with van der Waals surface area (Å²) in [6.07, 6.45) is -0.823. The number of ether oxygens (including phenoxy) is 2. The smallest absolute Gasteiger partial charge is 0.407 e.